The molecule has 0 aliphatic carbocycles. The van der Waals surface area contributed by atoms with Gasteiger partial charge in [-0.3, -0.25) is 9.59 Å². The molecule has 1 N–H and O–H groups in total. The fourth-order valence-corrected chi connectivity index (χ4v) is 4.06. The Morgan fingerprint density at radius 2 is 1.76 bits per heavy atom. The Morgan fingerprint density at radius 1 is 1.07 bits per heavy atom. The summed E-state index contributed by atoms with van der Waals surface area (Å²) in [6, 6.07) is 11.2. The van der Waals surface area contributed by atoms with Crippen molar-refractivity contribution in [3.63, 3.8) is 0 Å². The number of methoxy groups -OCH3 is 3. The molecule has 0 atom stereocenters. The number of hydrogen-bond acceptors (Lipinski definition) is 6. The third-order valence-electron chi connectivity index (χ3n) is 4.63. The zero-order chi connectivity index (χ0) is 20.8. The van der Waals surface area contributed by atoms with Crippen molar-refractivity contribution < 1.29 is 23.8 Å². The lowest BCUT2D eigenvalue weighted by Crippen LogP contribution is -2.38. The number of nitrogens with zero attached hydrogens (tertiary/aromatic N) is 1. The molecule has 0 radical (unpaired) electrons. The maximum absolute atomic E-state index is 12.4. The van der Waals surface area contributed by atoms with Gasteiger partial charge in [-0.05, 0) is 18.2 Å². The summed E-state index contributed by atoms with van der Waals surface area (Å²) < 4.78 is 16.0. The van der Waals surface area contributed by atoms with E-state index < -0.39 is 0 Å². The summed E-state index contributed by atoms with van der Waals surface area (Å²) >= 11 is 1.53. The molecular weight excluding hydrogens is 392 g/mol. The maximum atomic E-state index is 12.4. The minimum Gasteiger partial charge on any atom is -0.496 e. The number of fused-ring (bicyclic) bond motifs is 1. The van der Waals surface area contributed by atoms with Crippen LogP contribution >= 0.6 is 11.8 Å². The van der Waals surface area contributed by atoms with Gasteiger partial charge in [0.05, 0.1) is 32.8 Å². The molecule has 29 heavy (non-hydrogen) atoms. The third kappa shape index (κ3) is 4.76. The minimum absolute atomic E-state index is 0.0167. The summed E-state index contributed by atoms with van der Waals surface area (Å²) in [5.74, 6) is 1.97. The van der Waals surface area contributed by atoms with Crippen molar-refractivity contribution in [1.29, 1.82) is 0 Å². The third-order valence-corrected chi connectivity index (χ3v) is 5.68. The highest BCUT2D eigenvalue weighted by atomic mass is 32.2. The number of carbonyl (C=O) groups is 2. The number of rotatable bonds is 8. The predicted molar refractivity (Wildman–Crippen MR) is 112 cm³/mol. The van der Waals surface area contributed by atoms with Gasteiger partial charge in [0.2, 0.25) is 11.8 Å². The largest absolute Gasteiger partial charge is 0.496 e. The van der Waals surface area contributed by atoms with Gasteiger partial charge in [0.25, 0.3) is 0 Å². The second-order valence-corrected chi connectivity index (χ2v) is 7.36. The molecule has 1 aliphatic rings. The molecule has 1 aliphatic heterocycles. The van der Waals surface area contributed by atoms with Gasteiger partial charge >= 0.3 is 0 Å². The van der Waals surface area contributed by atoms with E-state index in [0.717, 1.165) is 16.1 Å². The van der Waals surface area contributed by atoms with Gasteiger partial charge in [0, 0.05) is 36.0 Å². The Bertz CT molecular complexity index is 903. The lowest BCUT2D eigenvalue weighted by atomic mass is 10.1. The van der Waals surface area contributed by atoms with Crippen LogP contribution in [0.2, 0.25) is 0 Å². The number of anilines is 1. The smallest absolute Gasteiger partial charge is 0.237 e. The van der Waals surface area contributed by atoms with Gasteiger partial charge in [0.1, 0.15) is 5.75 Å². The highest BCUT2D eigenvalue weighted by Gasteiger charge is 2.24. The summed E-state index contributed by atoms with van der Waals surface area (Å²) in [6.45, 7) is 0.619. The molecule has 3 rings (SSSR count). The Morgan fingerprint density at radius 3 is 2.48 bits per heavy atom. The van der Waals surface area contributed by atoms with E-state index in [0.29, 0.717) is 29.5 Å². The van der Waals surface area contributed by atoms with Crippen molar-refractivity contribution in [2.45, 2.75) is 17.9 Å². The first kappa shape index (κ1) is 20.9. The van der Waals surface area contributed by atoms with Gasteiger partial charge in [-0.15, -0.1) is 11.8 Å². The van der Waals surface area contributed by atoms with Crippen LogP contribution < -0.4 is 24.4 Å². The maximum Gasteiger partial charge on any atom is 0.237 e. The summed E-state index contributed by atoms with van der Waals surface area (Å²) in [5, 5.41) is 2.88. The van der Waals surface area contributed by atoms with E-state index in [-0.39, 0.29) is 24.8 Å². The molecule has 0 aromatic heterocycles. The number of benzene rings is 2. The number of thioether (sulfide) groups is 1. The molecule has 0 saturated heterocycles. The Kier molecular flexibility index (Phi) is 6.87. The van der Waals surface area contributed by atoms with E-state index in [9.17, 15) is 9.59 Å². The number of hydrogen-bond donors (Lipinski definition) is 1. The lowest BCUT2D eigenvalue weighted by Gasteiger charge is -2.28. The van der Waals surface area contributed by atoms with Crippen molar-refractivity contribution in [3.05, 3.63) is 42.0 Å². The van der Waals surface area contributed by atoms with Crippen LogP contribution in [0.3, 0.4) is 0 Å². The van der Waals surface area contributed by atoms with Crippen LogP contribution in [0.4, 0.5) is 5.69 Å². The van der Waals surface area contributed by atoms with Gasteiger partial charge < -0.3 is 24.4 Å². The van der Waals surface area contributed by atoms with E-state index >= 15 is 0 Å². The van der Waals surface area contributed by atoms with Crippen LogP contribution in [0.1, 0.15) is 12.0 Å². The fraction of sp³-hybridized carbons (Fsp3) is 0.333. The Balaban J connectivity index is 1.62. The second kappa shape index (κ2) is 9.56. The van der Waals surface area contributed by atoms with Crippen LogP contribution in [0.5, 0.6) is 17.2 Å². The summed E-state index contributed by atoms with van der Waals surface area (Å²) in [6.07, 6.45) is 0.209. The van der Waals surface area contributed by atoms with E-state index in [1.54, 1.807) is 38.4 Å². The van der Waals surface area contributed by atoms with Crippen LogP contribution in [0.25, 0.3) is 0 Å². The molecule has 0 bridgehead atoms. The van der Waals surface area contributed by atoms with E-state index in [1.165, 1.54) is 11.8 Å². The highest BCUT2D eigenvalue weighted by molar-refractivity contribution is 8.00. The highest BCUT2D eigenvalue weighted by Crippen LogP contribution is 2.35. The summed E-state index contributed by atoms with van der Waals surface area (Å²) in [5.41, 5.74) is 1.64. The average Bonchev–Trinajstić information content (AvgIpc) is 2.76. The van der Waals surface area contributed by atoms with Gasteiger partial charge in [0.15, 0.2) is 11.5 Å². The molecule has 2 aromatic rings. The number of para-hydroxylation sites is 1. The number of amides is 2. The topological polar surface area (TPSA) is 77.1 Å². The zero-order valence-corrected chi connectivity index (χ0v) is 17.5. The molecule has 154 valence electrons. The van der Waals surface area contributed by atoms with Crippen molar-refractivity contribution in [1.82, 2.24) is 5.32 Å². The number of ether oxygens (including phenoxy) is 3. The van der Waals surface area contributed by atoms with Crippen molar-refractivity contribution in [2.24, 2.45) is 0 Å². The molecule has 7 nitrogen and oxygen atoms in total. The average molecular weight is 416 g/mol. The summed E-state index contributed by atoms with van der Waals surface area (Å²) in [7, 11) is 4.67. The van der Waals surface area contributed by atoms with Crippen molar-refractivity contribution >= 4 is 29.3 Å². The molecule has 8 heteroatoms. The predicted octanol–water partition coefficient (Wildman–Crippen LogP) is 2.86. The van der Waals surface area contributed by atoms with Crippen LogP contribution in [-0.4, -0.2) is 45.4 Å². The van der Waals surface area contributed by atoms with E-state index in [2.05, 4.69) is 5.32 Å². The molecular formula is C21H24N2O5S. The van der Waals surface area contributed by atoms with E-state index in [1.807, 2.05) is 24.3 Å². The Hall–Kier alpha value is -2.87. The Labute approximate surface area is 174 Å². The van der Waals surface area contributed by atoms with Crippen LogP contribution in [0, 0.1) is 0 Å². The molecule has 0 fully saturated rings. The first-order valence-electron chi connectivity index (χ1n) is 9.15. The van der Waals surface area contributed by atoms with Crippen molar-refractivity contribution in [3.8, 4) is 17.2 Å². The molecule has 0 unspecified atom stereocenters. The zero-order valence-electron chi connectivity index (χ0n) is 16.7. The number of nitrogens with one attached hydrogen (secondary N) is 1. The van der Waals surface area contributed by atoms with Crippen LogP contribution in [-0.2, 0) is 16.1 Å². The molecule has 1 heterocycles. The van der Waals surface area contributed by atoms with E-state index in [4.69, 9.17) is 14.2 Å². The summed E-state index contributed by atoms with van der Waals surface area (Å²) in [4.78, 5) is 27.4. The first-order valence-corrected chi connectivity index (χ1v) is 10.1. The monoisotopic (exact) mass is 416 g/mol. The first-order chi connectivity index (χ1) is 14.1. The number of carbonyl (C=O) groups excluding carboxylic acids is 2. The second-order valence-electron chi connectivity index (χ2n) is 6.35. The normalized spacial score (nSPS) is 12.9. The van der Waals surface area contributed by atoms with Crippen molar-refractivity contribution in [2.75, 3.05) is 38.5 Å². The quantitative estimate of drug-likeness (QED) is 0.713. The minimum atomic E-state index is -0.148. The molecule has 2 amide bonds. The van der Waals surface area contributed by atoms with Gasteiger partial charge in [-0.2, -0.15) is 0 Å². The van der Waals surface area contributed by atoms with Gasteiger partial charge in [-0.1, -0.05) is 12.1 Å². The molecule has 0 spiro atoms. The van der Waals surface area contributed by atoms with Crippen LogP contribution in [0.15, 0.2) is 41.3 Å². The fourth-order valence-electron chi connectivity index (χ4n) is 3.13. The molecule has 2 aromatic carbocycles. The standard InChI is InChI=1S/C21H24N2O5S/c1-26-16-11-18(28-3)17(27-2)10-14(16)12-22-20(24)8-9-23-15-6-4-5-7-19(15)29-13-21(23)25/h4-7,10-11H,8-9,12-13H2,1-3H3,(H,22,24). The van der Waals surface area contributed by atoms with Gasteiger partial charge in [-0.25, -0.2) is 0 Å². The lowest BCUT2D eigenvalue weighted by molar-refractivity contribution is -0.121. The SMILES string of the molecule is COc1cc(OC)c(OC)cc1CNC(=O)CCN1C(=O)CSc2ccccc21. The molecule has 0 saturated carbocycles.